The predicted molar refractivity (Wildman–Crippen MR) is 135 cm³/mol. The molecule has 1 heterocycles. The van der Waals surface area contributed by atoms with Crippen molar-refractivity contribution in [2.75, 3.05) is 19.8 Å². The molecule has 186 valence electrons. The molecule has 0 radical (unpaired) electrons. The van der Waals surface area contributed by atoms with Gasteiger partial charge in [-0.3, -0.25) is 0 Å². The molecule has 1 aliphatic rings. The van der Waals surface area contributed by atoms with Crippen molar-refractivity contribution in [2.45, 2.75) is 65.4 Å². The number of carbonyl (C=O) groups excluding carboxylic acids is 1. The lowest BCUT2D eigenvalue weighted by Gasteiger charge is -2.24. The lowest BCUT2D eigenvalue weighted by atomic mass is 9.86. The van der Waals surface area contributed by atoms with Crippen LogP contribution in [0.3, 0.4) is 0 Å². The average molecular weight is 478 g/mol. The van der Waals surface area contributed by atoms with E-state index in [0.717, 1.165) is 54.0 Å². The van der Waals surface area contributed by atoms with Crippen LogP contribution in [0.5, 0.6) is 5.75 Å². The minimum atomic E-state index is -0.577. The van der Waals surface area contributed by atoms with Crippen LogP contribution in [-0.4, -0.2) is 36.9 Å². The zero-order valence-electron chi connectivity index (χ0n) is 21.0. The normalized spacial score (nSPS) is 13.8. The third kappa shape index (κ3) is 6.12. The van der Waals surface area contributed by atoms with Crippen molar-refractivity contribution >= 4 is 5.97 Å². The number of benzene rings is 2. The number of nitrogens with zero attached hydrogens (tertiary/aromatic N) is 1. The quantitative estimate of drug-likeness (QED) is 0.332. The molecule has 1 atom stereocenters. The number of esters is 1. The van der Waals surface area contributed by atoms with E-state index in [-0.39, 0.29) is 5.97 Å². The molecule has 3 aromatic rings. The summed E-state index contributed by atoms with van der Waals surface area (Å²) in [4.78, 5) is 17.1. The first-order valence-electron chi connectivity index (χ1n) is 12.7. The first-order chi connectivity index (χ1) is 17.1. The number of oxazole rings is 1. The molecule has 1 unspecified atom stereocenters. The van der Waals surface area contributed by atoms with Crippen LogP contribution in [0.2, 0.25) is 0 Å². The zero-order valence-corrected chi connectivity index (χ0v) is 21.0. The first kappa shape index (κ1) is 25.0. The van der Waals surface area contributed by atoms with Gasteiger partial charge in [-0.05, 0) is 81.3 Å². The van der Waals surface area contributed by atoms with E-state index in [4.69, 9.17) is 23.6 Å². The standard InChI is InChI=1S/C29H35NO5/c1-4-32-27(29(31)33-5-2)19-22-15-16-26(24-14-10-9-13-23(22)24)34-18-17-25-20(3)35-28(30-25)21-11-7-6-8-12-21/h6-8,11-12,15-16,27H,4-5,9-10,13-14,17-19H2,1-3H3. The Bertz CT molecular complexity index is 1120. The van der Waals surface area contributed by atoms with Gasteiger partial charge in [-0.1, -0.05) is 24.3 Å². The van der Waals surface area contributed by atoms with Gasteiger partial charge in [0.25, 0.3) is 0 Å². The third-order valence-corrected chi connectivity index (χ3v) is 6.42. The smallest absolute Gasteiger partial charge is 0.335 e. The Labute approximate surface area is 207 Å². The van der Waals surface area contributed by atoms with E-state index in [9.17, 15) is 4.79 Å². The molecule has 35 heavy (non-hydrogen) atoms. The minimum absolute atomic E-state index is 0.294. The van der Waals surface area contributed by atoms with Crippen molar-refractivity contribution in [1.29, 1.82) is 0 Å². The summed E-state index contributed by atoms with van der Waals surface area (Å²) in [6.07, 6.45) is 4.88. The van der Waals surface area contributed by atoms with Gasteiger partial charge in [0.2, 0.25) is 5.89 Å². The molecule has 0 bridgehead atoms. The highest BCUT2D eigenvalue weighted by Gasteiger charge is 2.25. The van der Waals surface area contributed by atoms with Crippen molar-refractivity contribution < 1.29 is 23.4 Å². The van der Waals surface area contributed by atoms with E-state index in [1.165, 1.54) is 11.1 Å². The molecule has 0 aliphatic heterocycles. The maximum absolute atomic E-state index is 12.4. The number of rotatable bonds is 11. The van der Waals surface area contributed by atoms with Crippen LogP contribution in [0, 0.1) is 6.92 Å². The molecular formula is C29H35NO5. The second-order valence-corrected chi connectivity index (χ2v) is 8.77. The number of carbonyl (C=O) groups is 1. The number of ether oxygens (including phenoxy) is 3. The molecular weight excluding hydrogens is 442 g/mol. The van der Waals surface area contributed by atoms with Crippen molar-refractivity contribution in [3.05, 3.63) is 70.6 Å². The first-order valence-corrected chi connectivity index (χ1v) is 12.7. The molecule has 2 aromatic carbocycles. The van der Waals surface area contributed by atoms with Gasteiger partial charge in [-0.25, -0.2) is 9.78 Å². The number of hydrogen-bond donors (Lipinski definition) is 0. The van der Waals surface area contributed by atoms with E-state index < -0.39 is 6.10 Å². The SMILES string of the molecule is CCOC(=O)C(Cc1ccc(OCCc2nc(-c3ccccc3)oc2C)c2c1CCCC2)OCC. The van der Waals surface area contributed by atoms with Crippen molar-refractivity contribution in [3.63, 3.8) is 0 Å². The molecule has 6 nitrogen and oxygen atoms in total. The van der Waals surface area contributed by atoms with Gasteiger partial charge in [-0.15, -0.1) is 0 Å². The second kappa shape index (κ2) is 12.0. The van der Waals surface area contributed by atoms with E-state index in [1.54, 1.807) is 0 Å². The van der Waals surface area contributed by atoms with Crippen LogP contribution in [0.25, 0.3) is 11.5 Å². The highest BCUT2D eigenvalue weighted by atomic mass is 16.6. The van der Waals surface area contributed by atoms with E-state index >= 15 is 0 Å². The summed E-state index contributed by atoms with van der Waals surface area (Å²) in [5.41, 5.74) is 5.60. The molecule has 1 aliphatic carbocycles. The molecule has 0 saturated heterocycles. The van der Waals surface area contributed by atoms with Crippen molar-refractivity contribution in [3.8, 4) is 17.2 Å². The lowest BCUT2D eigenvalue weighted by Crippen LogP contribution is -2.29. The zero-order chi connectivity index (χ0) is 24.6. The lowest BCUT2D eigenvalue weighted by molar-refractivity contribution is -0.156. The molecule has 0 saturated carbocycles. The van der Waals surface area contributed by atoms with Crippen LogP contribution >= 0.6 is 0 Å². The number of aromatic nitrogens is 1. The maximum atomic E-state index is 12.4. The monoisotopic (exact) mass is 477 g/mol. The molecule has 0 N–H and O–H groups in total. The Hall–Kier alpha value is -3.12. The summed E-state index contributed by atoms with van der Waals surface area (Å²) in [6.45, 7) is 7.02. The Balaban J connectivity index is 1.45. The van der Waals surface area contributed by atoms with E-state index in [0.29, 0.717) is 38.6 Å². The van der Waals surface area contributed by atoms with Crippen LogP contribution in [-0.2, 0) is 40.0 Å². The second-order valence-electron chi connectivity index (χ2n) is 8.77. The Morgan fingerprint density at radius 2 is 1.80 bits per heavy atom. The van der Waals surface area contributed by atoms with E-state index in [1.807, 2.05) is 57.2 Å². The summed E-state index contributed by atoms with van der Waals surface area (Å²) in [7, 11) is 0. The van der Waals surface area contributed by atoms with Gasteiger partial charge < -0.3 is 18.6 Å². The fourth-order valence-electron chi connectivity index (χ4n) is 4.70. The summed E-state index contributed by atoms with van der Waals surface area (Å²) >= 11 is 0. The highest BCUT2D eigenvalue weighted by Crippen LogP contribution is 2.33. The number of aryl methyl sites for hydroxylation is 1. The average Bonchev–Trinajstić information content (AvgIpc) is 3.26. The van der Waals surface area contributed by atoms with Crippen molar-refractivity contribution in [2.24, 2.45) is 0 Å². The number of fused-ring (bicyclic) bond motifs is 1. The van der Waals surface area contributed by atoms with Crippen LogP contribution < -0.4 is 4.74 Å². The summed E-state index contributed by atoms with van der Waals surface area (Å²) in [5, 5.41) is 0. The molecule has 0 amide bonds. The highest BCUT2D eigenvalue weighted by molar-refractivity contribution is 5.75. The number of hydrogen-bond acceptors (Lipinski definition) is 6. The van der Waals surface area contributed by atoms with Gasteiger partial charge in [0.1, 0.15) is 11.5 Å². The van der Waals surface area contributed by atoms with Gasteiger partial charge in [0.05, 0.1) is 18.9 Å². The predicted octanol–water partition coefficient (Wildman–Crippen LogP) is 5.66. The fourth-order valence-corrected chi connectivity index (χ4v) is 4.70. The largest absolute Gasteiger partial charge is 0.493 e. The Kier molecular flexibility index (Phi) is 8.59. The molecule has 0 spiro atoms. The Morgan fingerprint density at radius 3 is 2.54 bits per heavy atom. The van der Waals surface area contributed by atoms with Crippen LogP contribution in [0.1, 0.15) is 54.8 Å². The molecule has 0 fully saturated rings. The topological polar surface area (TPSA) is 70.8 Å². The van der Waals surface area contributed by atoms with Crippen LogP contribution in [0.4, 0.5) is 0 Å². The van der Waals surface area contributed by atoms with Crippen molar-refractivity contribution in [1.82, 2.24) is 4.98 Å². The summed E-state index contributed by atoms with van der Waals surface area (Å²) in [5.74, 6) is 2.10. The van der Waals surface area contributed by atoms with Crippen LogP contribution in [0.15, 0.2) is 46.9 Å². The molecule has 1 aromatic heterocycles. The maximum Gasteiger partial charge on any atom is 0.335 e. The minimum Gasteiger partial charge on any atom is -0.493 e. The van der Waals surface area contributed by atoms with E-state index in [2.05, 4.69) is 6.07 Å². The van der Waals surface area contributed by atoms with Gasteiger partial charge >= 0.3 is 5.97 Å². The van der Waals surface area contributed by atoms with Gasteiger partial charge in [-0.2, -0.15) is 0 Å². The van der Waals surface area contributed by atoms with Gasteiger partial charge in [0.15, 0.2) is 6.10 Å². The third-order valence-electron chi connectivity index (χ3n) is 6.42. The Morgan fingerprint density at radius 1 is 1.03 bits per heavy atom. The summed E-state index contributed by atoms with van der Waals surface area (Å²) < 4.78 is 23.1. The summed E-state index contributed by atoms with van der Waals surface area (Å²) in [6, 6.07) is 14.1. The fraction of sp³-hybridized carbons (Fsp3) is 0.448. The van der Waals surface area contributed by atoms with Gasteiger partial charge in [0, 0.05) is 25.0 Å². The molecule has 6 heteroatoms. The molecule has 4 rings (SSSR count).